The third-order valence-electron chi connectivity index (χ3n) is 4.13. The molecule has 110 valence electrons. The van der Waals surface area contributed by atoms with Gasteiger partial charge in [-0.3, -0.25) is 4.79 Å². The van der Waals surface area contributed by atoms with Crippen LogP contribution in [0.2, 0.25) is 0 Å². The number of nitrogens with one attached hydrogen (secondary N) is 1. The fraction of sp³-hybridized carbons (Fsp3) is 0.588. The smallest absolute Gasteiger partial charge is 0.220 e. The Labute approximate surface area is 126 Å². The molecule has 0 radical (unpaired) electrons. The van der Waals surface area contributed by atoms with Crippen molar-refractivity contribution in [1.29, 1.82) is 0 Å². The molecule has 2 rings (SSSR count). The summed E-state index contributed by atoms with van der Waals surface area (Å²) in [5.41, 5.74) is 1.23. The van der Waals surface area contributed by atoms with Crippen molar-refractivity contribution in [2.24, 2.45) is 5.92 Å². The Morgan fingerprint density at radius 2 is 1.90 bits per heavy atom. The van der Waals surface area contributed by atoms with Gasteiger partial charge in [0, 0.05) is 12.3 Å². The quantitative estimate of drug-likeness (QED) is 0.772. The molecule has 1 aliphatic carbocycles. The maximum absolute atomic E-state index is 12.1. The summed E-state index contributed by atoms with van der Waals surface area (Å²) < 4.78 is 0. The Hall–Kier alpha value is -1.02. The molecule has 1 aromatic rings. The van der Waals surface area contributed by atoms with Gasteiger partial charge in [-0.1, -0.05) is 49.6 Å². The minimum Gasteiger partial charge on any atom is -0.349 e. The Bertz CT molecular complexity index is 401. The van der Waals surface area contributed by atoms with Crippen LogP contribution in [0.4, 0.5) is 0 Å². The van der Waals surface area contributed by atoms with Crippen molar-refractivity contribution in [2.75, 3.05) is 5.88 Å². The molecule has 1 amide bonds. The second-order valence-corrected chi connectivity index (χ2v) is 6.02. The topological polar surface area (TPSA) is 29.1 Å². The first-order valence-electron chi connectivity index (χ1n) is 7.71. The van der Waals surface area contributed by atoms with Crippen LogP contribution in [0.25, 0.3) is 0 Å². The van der Waals surface area contributed by atoms with Gasteiger partial charge in [0.2, 0.25) is 5.91 Å². The average molecular weight is 294 g/mol. The van der Waals surface area contributed by atoms with E-state index in [2.05, 4.69) is 29.6 Å². The largest absolute Gasteiger partial charge is 0.349 e. The Balaban J connectivity index is 2.05. The van der Waals surface area contributed by atoms with Crippen LogP contribution in [0, 0.1) is 5.92 Å². The van der Waals surface area contributed by atoms with Crippen molar-refractivity contribution in [3.63, 3.8) is 0 Å². The lowest BCUT2D eigenvalue weighted by atomic mass is 9.81. The summed E-state index contributed by atoms with van der Waals surface area (Å²) in [5.74, 6) is 1.25. The molecule has 1 saturated carbocycles. The molecule has 2 nitrogen and oxygen atoms in total. The van der Waals surface area contributed by atoms with Crippen molar-refractivity contribution in [3.8, 4) is 0 Å². The molecule has 20 heavy (non-hydrogen) atoms. The molecule has 1 N–H and O–H groups in total. The summed E-state index contributed by atoms with van der Waals surface area (Å²) >= 11 is 5.67. The number of rotatable bonds is 6. The zero-order chi connectivity index (χ0) is 14.2. The van der Waals surface area contributed by atoms with Crippen LogP contribution >= 0.6 is 11.6 Å². The molecule has 1 aromatic carbocycles. The molecule has 0 bridgehead atoms. The summed E-state index contributed by atoms with van der Waals surface area (Å²) in [6, 6.07) is 10.5. The summed E-state index contributed by atoms with van der Waals surface area (Å²) in [6.07, 6.45) is 7.61. The summed E-state index contributed by atoms with van der Waals surface area (Å²) in [6.45, 7) is 0. The highest BCUT2D eigenvalue weighted by Gasteiger charge is 2.26. The Morgan fingerprint density at radius 3 is 2.55 bits per heavy atom. The van der Waals surface area contributed by atoms with Crippen LogP contribution in [-0.2, 0) is 4.79 Å². The van der Waals surface area contributed by atoms with Gasteiger partial charge in [0.25, 0.3) is 0 Å². The first-order chi connectivity index (χ1) is 9.81. The van der Waals surface area contributed by atoms with Gasteiger partial charge in [0.05, 0.1) is 6.04 Å². The van der Waals surface area contributed by atoms with E-state index in [0.29, 0.717) is 18.2 Å². The minimum absolute atomic E-state index is 0.130. The molecule has 0 heterocycles. The van der Waals surface area contributed by atoms with Crippen LogP contribution in [0.5, 0.6) is 0 Å². The van der Waals surface area contributed by atoms with E-state index in [4.69, 9.17) is 11.6 Å². The predicted molar refractivity (Wildman–Crippen MR) is 83.9 cm³/mol. The van der Waals surface area contributed by atoms with Crippen LogP contribution in [0.15, 0.2) is 30.3 Å². The normalized spacial score (nSPS) is 17.6. The number of benzene rings is 1. The standard InChI is InChI=1S/C17H24ClNO/c18-13-7-12-16(20)19-17(14-8-3-1-4-9-14)15-10-5-2-6-11-15/h1,3-4,8-9,15,17H,2,5-7,10-13H2,(H,19,20)/t17-/m0/s1. The molecule has 0 spiro atoms. The van der Waals surface area contributed by atoms with Gasteiger partial charge in [0.15, 0.2) is 0 Å². The molecule has 0 aromatic heterocycles. The van der Waals surface area contributed by atoms with Gasteiger partial charge < -0.3 is 5.32 Å². The minimum atomic E-state index is 0.130. The maximum Gasteiger partial charge on any atom is 0.220 e. The van der Waals surface area contributed by atoms with E-state index in [1.165, 1.54) is 37.7 Å². The number of amides is 1. The number of carbonyl (C=O) groups is 1. The zero-order valence-electron chi connectivity index (χ0n) is 12.0. The van der Waals surface area contributed by atoms with Crippen molar-refractivity contribution in [2.45, 2.75) is 51.0 Å². The van der Waals surface area contributed by atoms with E-state index >= 15 is 0 Å². The van der Waals surface area contributed by atoms with Gasteiger partial charge in [-0.05, 0) is 30.7 Å². The molecule has 1 aliphatic rings. The summed E-state index contributed by atoms with van der Waals surface area (Å²) in [4.78, 5) is 12.1. The molecule has 1 atom stereocenters. The van der Waals surface area contributed by atoms with Gasteiger partial charge >= 0.3 is 0 Å². The van der Waals surface area contributed by atoms with Crippen molar-refractivity contribution >= 4 is 17.5 Å². The third-order valence-corrected chi connectivity index (χ3v) is 4.40. The summed E-state index contributed by atoms with van der Waals surface area (Å²) in [7, 11) is 0. The van der Waals surface area contributed by atoms with Crippen LogP contribution in [0.1, 0.15) is 56.6 Å². The number of hydrogen-bond acceptors (Lipinski definition) is 1. The molecular formula is C17H24ClNO. The highest BCUT2D eigenvalue weighted by Crippen LogP contribution is 2.34. The average Bonchev–Trinajstić information content (AvgIpc) is 2.52. The highest BCUT2D eigenvalue weighted by atomic mass is 35.5. The first-order valence-corrected chi connectivity index (χ1v) is 8.25. The molecule has 0 unspecified atom stereocenters. The first kappa shape index (κ1) is 15.4. The molecule has 0 saturated heterocycles. The van der Waals surface area contributed by atoms with E-state index in [9.17, 15) is 4.79 Å². The van der Waals surface area contributed by atoms with Crippen molar-refractivity contribution < 1.29 is 4.79 Å². The van der Waals surface area contributed by atoms with Crippen LogP contribution in [-0.4, -0.2) is 11.8 Å². The highest BCUT2D eigenvalue weighted by molar-refractivity contribution is 6.17. The summed E-state index contributed by atoms with van der Waals surface area (Å²) in [5, 5.41) is 3.24. The molecule has 0 aliphatic heterocycles. The number of halogens is 1. The third kappa shape index (κ3) is 4.52. The fourth-order valence-corrected chi connectivity index (χ4v) is 3.21. The lowest BCUT2D eigenvalue weighted by Gasteiger charge is -2.31. The second-order valence-electron chi connectivity index (χ2n) is 5.65. The maximum atomic E-state index is 12.1. The van der Waals surface area contributed by atoms with Crippen molar-refractivity contribution in [3.05, 3.63) is 35.9 Å². The molecule has 1 fully saturated rings. The lowest BCUT2D eigenvalue weighted by molar-refractivity contribution is -0.122. The Morgan fingerprint density at radius 1 is 1.20 bits per heavy atom. The van der Waals surface area contributed by atoms with Crippen LogP contribution in [0.3, 0.4) is 0 Å². The van der Waals surface area contributed by atoms with E-state index in [1.54, 1.807) is 0 Å². The van der Waals surface area contributed by atoms with Gasteiger partial charge in [-0.2, -0.15) is 0 Å². The number of carbonyl (C=O) groups excluding carboxylic acids is 1. The van der Waals surface area contributed by atoms with E-state index in [0.717, 1.165) is 6.42 Å². The monoisotopic (exact) mass is 293 g/mol. The number of alkyl halides is 1. The van der Waals surface area contributed by atoms with E-state index in [1.807, 2.05) is 6.07 Å². The zero-order valence-corrected chi connectivity index (χ0v) is 12.7. The van der Waals surface area contributed by atoms with Gasteiger partial charge in [0.1, 0.15) is 0 Å². The van der Waals surface area contributed by atoms with E-state index in [-0.39, 0.29) is 11.9 Å². The second kappa shape index (κ2) is 8.31. The van der Waals surface area contributed by atoms with E-state index < -0.39 is 0 Å². The molecular weight excluding hydrogens is 270 g/mol. The lowest BCUT2D eigenvalue weighted by Crippen LogP contribution is -2.34. The SMILES string of the molecule is O=C(CCCCl)N[C@@H](c1ccccc1)C1CCCCC1. The number of hydrogen-bond donors (Lipinski definition) is 1. The van der Waals surface area contributed by atoms with Crippen LogP contribution < -0.4 is 5.32 Å². The Kier molecular flexibility index (Phi) is 6.38. The predicted octanol–water partition coefficient (Wildman–Crippen LogP) is 4.44. The van der Waals surface area contributed by atoms with Gasteiger partial charge in [-0.15, -0.1) is 11.6 Å². The van der Waals surface area contributed by atoms with Gasteiger partial charge in [-0.25, -0.2) is 0 Å². The molecule has 3 heteroatoms. The van der Waals surface area contributed by atoms with Crippen molar-refractivity contribution in [1.82, 2.24) is 5.32 Å². The fourth-order valence-electron chi connectivity index (χ4n) is 3.07.